The first-order chi connectivity index (χ1) is 5.16. The van der Waals surface area contributed by atoms with E-state index >= 15 is 0 Å². The Morgan fingerprint density at radius 3 is 2.73 bits per heavy atom. The second-order valence-corrected chi connectivity index (χ2v) is 2.62. The van der Waals surface area contributed by atoms with E-state index in [1.807, 2.05) is 0 Å². The molecule has 0 amide bonds. The number of likely N-dealkylation sites (tertiary alicyclic amines) is 1. The van der Waals surface area contributed by atoms with Gasteiger partial charge in [-0.25, -0.2) is 4.79 Å². The number of methoxy groups -OCH3 is 1. The highest BCUT2D eigenvalue weighted by molar-refractivity contribution is 6.04. The Hall–Kier alpha value is -0.900. The van der Waals surface area contributed by atoms with Crippen LogP contribution in [0.1, 0.15) is 6.42 Å². The highest BCUT2D eigenvalue weighted by Gasteiger charge is 2.36. The summed E-state index contributed by atoms with van der Waals surface area (Å²) in [5.41, 5.74) is 0. The number of nitrogens with zero attached hydrogens (tertiary/aromatic N) is 1. The first kappa shape index (κ1) is 8.20. The fraction of sp³-hybridized carbons (Fsp3) is 0.714. The van der Waals surface area contributed by atoms with E-state index in [9.17, 15) is 9.59 Å². The van der Waals surface area contributed by atoms with Crippen molar-refractivity contribution in [1.82, 2.24) is 4.90 Å². The van der Waals surface area contributed by atoms with Gasteiger partial charge in [0.25, 0.3) is 0 Å². The van der Waals surface area contributed by atoms with E-state index in [1.165, 1.54) is 7.11 Å². The standard InChI is InChI=1S/C7H11NO3/c1-8-4-3-5(9)6(8)7(10)11-2/h6H,3-4H2,1-2H3/t6-/m0/s1. The van der Waals surface area contributed by atoms with Crippen LogP contribution < -0.4 is 0 Å². The second-order valence-electron chi connectivity index (χ2n) is 2.62. The Balaban J connectivity index is 2.68. The molecule has 1 fully saturated rings. The molecule has 1 atom stereocenters. The normalized spacial score (nSPS) is 25.6. The number of carbonyl (C=O) groups is 2. The van der Waals surface area contributed by atoms with Crippen molar-refractivity contribution in [1.29, 1.82) is 0 Å². The average Bonchev–Trinajstić information content (AvgIpc) is 2.30. The summed E-state index contributed by atoms with van der Waals surface area (Å²) in [6.45, 7) is 0.651. The van der Waals surface area contributed by atoms with Crippen LogP contribution in [0.15, 0.2) is 0 Å². The summed E-state index contributed by atoms with van der Waals surface area (Å²) < 4.78 is 4.47. The maximum absolute atomic E-state index is 11.0. The predicted octanol–water partition coefficient (Wildman–Crippen LogP) is -0.567. The monoisotopic (exact) mass is 157 g/mol. The third-order valence-electron chi connectivity index (χ3n) is 1.88. The molecule has 4 nitrogen and oxygen atoms in total. The van der Waals surface area contributed by atoms with E-state index in [0.717, 1.165) is 0 Å². The van der Waals surface area contributed by atoms with Crippen LogP contribution in [-0.2, 0) is 14.3 Å². The summed E-state index contributed by atoms with van der Waals surface area (Å²) in [5.74, 6) is -0.491. The Morgan fingerprint density at radius 1 is 1.73 bits per heavy atom. The lowest BCUT2D eigenvalue weighted by molar-refractivity contribution is -0.148. The van der Waals surface area contributed by atoms with Gasteiger partial charge in [-0.3, -0.25) is 9.69 Å². The van der Waals surface area contributed by atoms with Gasteiger partial charge in [0.05, 0.1) is 7.11 Å². The van der Waals surface area contributed by atoms with Crippen LogP contribution in [0.2, 0.25) is 0 Å². The lowest BCUT2D eigenvalue weighted by Gasteiger charge is -2.14. The zero-order valence-corrected chi connectivity index (χ0v) is 6.66. The summed E-state index contributed by atoms with van der Waals surface area (Å²) in [5, 5.41) is 0. The van der Waals surface area contributed by atoms with E-state index in [-0.39, 0.29) is 5.78 Å². The second kappa shape index (κ2) is 3.00. The molecule has 1 saturated heterocycles. The van der Waals surface area contributed by atoms with Gasteiger partial charge in [-0.05, 0) is 7.05 Å². The van der Waals surface area contributed by atoms with Gasteiger partial charge in [-0.1, -0.05) is 0 Å². The maximum Gasteiger partial charge on any atom is 0.330 e. The van der Waals surface area contributed by atoms with Crippen LogP contribution in [0, 0.1) is 0 Å². The first-order valence-corrected chi connectivity index (χ1v) is 3.47. The van der Waals surface area contributed by atoms with Gasteiger partial charge in [-0.2, -0.15) is 0 Å². The van der Waals surface area contributed by atoms with Crippen molar-refractivity contribution in [3.05, 3.63) is 0 Å². The Labute approximate surface area is 65.1 Å². The number of hydrogen-bond acceptors (Lipinski definition) is 4. The molecule has 0 aromatic rings. The predicted molar refractivity (Wildman–Crippen MR) is 38.1 cm³/mol. The number of hydrogen-bond donors (Lipinski definition) is 0. The summed E-state index contributed by atoms with van der Waals surface area (Å²) in [7, 11) is 3.04. The van der Waals surface area contributed by atoms with E-state index in [0.29, 0.717) is 13.0 Å². The minimum absolute atomic E-state index is 0.0423. The van der Waals surface area contributed by atoms with Crippen molar-refractivity contribution in [2.24, 2.45) is 0 Å². The molecule has 0 spiro atoms. The number of ether oxygens (including phenoxy) is 1. The van der Waals surface area contributed by atoms with Crippen LogP contribution >= 0.6 is 0 Å². The van der Waals surface area contributed by atoms with Crippen molar-refractivity contribution in [2.45, 2.75) is 12.5 Å². The molecule has 1 rings (SSSR count). The Morgan fingerprint density at radius 2 is 2.36 bits per heavy atom. The number of Topliss-reactive ketones (excluding diaryl/α,β-unsaturated/α-hetero) is 1. The molecule has 11 heavy (non-hydrogen) atoms. The number of rotatable bonds is 1. The van der Waals surface area contributed by atoms with Crippen LogP contribution in [0.5, 0.6) is 0 Å². The fourth-order valence-corrected chi connectivity index (χ4v) is 1.22. The lowest BCUT2D eigenvalue weighted by Crippen LogP contribution is -2.38. The fourth-order valence-electron chi connectivity index (χ4n) is 1.22. The molecule has 0 unspecified atom stereocenters. The van der Waals surface area contributed by atoms with Gasteiger partial charge in [0, 0.05) is 13.0 Å². The Bertz CT molecular complexity index is 190. The summed E-state index contributed by atoms with van der Waals surface area (Å²) in [6, 6.07) is -0.653. The molecular weight excluding hydrogens is 146 g/mol. The topological polar surface area (TPSA) is 46.6 Å². The minimum Gasteiger partial charge on any atom is -0.468 e. The summed E-state index contributed by atoms with van der Waals surface area (Å²) in [6.07, 6.45) is 0.455. The molecule has 4 heteroatoms. The van der Waals surface area contributed by atoms with Crippen molar-refractivity contribution in [3.8, 4) is 0 Å². The van der Waals surface area contributed by atoms with Gasteiger partial charge in [0.1, 0.15) is 0 Å². The van der Waals surface area contributed by atoms with Crippen LogP contribution in [0.3, 0.4) is 0 Å². The third kappa shape index (κ3) is 1.40. The van der Waals surface area contributed by atoms with Gasteiger partial charge in [0.2, 0.25) is 0 Å². The molecule has 0 aliphatic carbocycles. The van der Waals surface area contributed by atoms with Crippen molar-refractivity contribution in [3.63, 3.8) is 0 Å². The number of carbonyl (C=O) groups excluding carboxylic acids is 2. The molecule has 62 valence electrons. The SMILES string of the molecule is COC(=O)[C@@H]1C(=O)CCN1C. The smallest absolute Gasteiger partial charge is 0.330 e. The maximum atomic E-state index is 11.0. The van der Waals surface area contributed by atoms with Gasteiger partial charge in [-0.15, -0.1) is 0 Å². The lowest BCUT2D eigenvalue weighted by atomic mass is 10.2. The largest absolute Gasteiger partial charge is 0.468 e. The van der Waals surface area contributed by atoms with Crippen LogP contribution in [0.25, 0.3) is 0 Å². The van der Waals surface area contributed by atoms with E-state index in [1.54, 1.807) is 11.9 Å². The number of esters is 1. The van der Waals surface area contributed by atoms with Crippen molar-refractivity contribution in [2.75, 3.05) is 20.7 Å². The molecule has 0 aromatic carbocycles. The van der Waals surface area contributed by atoms with E-state index in [4.69, 9.17) is 0 Å². The molecule has 0 aromatic heterocycles. The van der Waals surface area contributed by atoms with Gasteiger partial charge < -0.3 is 4.74 Å². The highest BCUT2D eigenvalue weighted by atomic mass is 16.5. The quantitative estimate of drug-likeness (QED) is 0.378. The molecule has 1 aliphatic rings. The highest BCUT2D eigenvalue weighted by Crippen LogP contribution is 2.11. The molecule has 1 heterocycles. The molecule has 0 saturated carbocycles. The molecule has 0 N–H and O–H groups in total. The van der Waals surface area contributed by atoms with Gasteiger partial charge in [0.15, 0.2) is 11.8 Å². The molecule has 0 bridgehead atoms. The van der Waals surface area contributed by atoms with Crippen molar-refractivity contribution >= 4 is 11.8 Å². The zero-order valence-electron chi connectivity index (χ0n) is 6.66. The minimum atomic E-state index is -0.653. The van der Waals surface area contributed by atoms with E-state index < -0.39 is 12.0 Å². The van der Waals surface area contributed by atoms with Crippen LogP contribution in [-0.4, -0.2) is 43.4 Å². The zero-order chi connectivity index (χ0) is 8.43. The molecule has 1 aliphatic heterocycles. The summed E-state index contributed by atoms with van der Waals surface area (Å²) >= 11 is 0. The summed E-state index contributed by atoms with van der Waals surface area (Å²) in [4.78, 5) is 23.7. The Kier molecular flexibility index (Phi) is 2.24. The molecular formula is C7H11NO3. The number of likely N-dealkylation sites (N-methyl/N-ethyl adjacent to an activating group) is 1. The van der Waals surface area contributed by atoms with Crippen molar-refractivity contribution < 1.29 is 14.3 Å². The third-order valence-corrected chi connectivity index (χ3v) is 1.88. The first-order valence-electron chi connectivity index (χ1n) is 3.47. The number of ketones is 1. The molecule has 0 radical (unpaired) electrons. The average molecular weight is 157 g/mol. The van der Waals surface area contributed by atoms with E-state index in [2.05, 4.69) is 4.74 Å². The van der Waals surface area contributed by atoms with Gasteiger partial charge >= 0.3 is 5.97 Å². The van der Waals surface area contributed by atoms with Crippen LogP contribution in [0.4, 0.5) is 0 Å².